The fourth-order valence-electron chi connectivity index (χ4n) is 2.06. The Labute approximate surface area is 105 Å². The molecule has 0 unspecified atom stereocenters. The van der Waals surface area contributed by atoms with Gasteiger partial charge in [-0.25, -0.2) is 0 Å². The van der Waals surface area contributed by atoms with Gasteiger partial charge < -0.3 is 10.2 Å². The minimum atomic E-state index is -0.488. The molecule has 6 heteroatoms. The number of nitro groups is 1. The van der Waals surface area contributed by atoms with Crippen molar-refractivity contribution in [3.05, 3.63) is 39.9 Å². The van der Waals surface area contributed by atoms with Crippen molar-refractivity contribution < 1.29 is 9.72 Å². The summed E-state index contributed by atoms with van der Waals surface area (Å²) < 4.78 is 0. The fourth-order valence-corrected chi connectivity index (χ4v) is 2.06. The topological polar surface area (TPSA) is 75.5 Å². The van der Waals surface area contributed by atoms with Crippen molar-refractivity contribution in [3.8, 4) is 0 Å². The number of hydrogen-bond donors (Lipinski definition) is 1. The van der Waals surface area contributed by atoms with E-state index in [0.717, 1.165) is 13.1 Å². The number of carbonyl (C=O) groups is 1. The molecule has 1 aromatic rings. The van der Waals surface area contributed by atoms with Crippen molar-refractivity contribution in [2.45, 2.75) is 13.0 Å². The van der Waals surface area contributed by atoms with Crippen LogP contribution in [0.4, 0.5) is 5.69 Å². The number of nitrogens with zero attached hydrogens (tertiary/aromatic N) is 2. The third-order valence-electron chi connectivity index (χ3n) is 3.07. The number of hydrogen-bond acceptors (Lipinski definition) is 4. The summed E-state index contributed by atoms with van der Waals surface area (Å²) in [5.41, 5.74) is 0.321. The van der Waals surface area contributed by atoms with Gasteiger partial charge in [-0.3, -0.25) is 14.9 Å². The number of benzene rings is 1. The number of rotatable bonds is 2. The van der Waals surface area contributed by atoms with E-state index in [4.69, 9.17) is 0 Å². The first-order chi connectivity index (χ1) is 8.59. The summed E-state index contributed by atoms with van der Waals surface area (Å²) in [6, 6.07) is 5.97. The Kier molecular flexibility index (Phi) is 3.57. The van der Waals surface area contributed by atoms with Gasteiger partial charge >= 0.3 is 0 Å². The molecule has 6 nitrogen and oxygen atoms in total. The zero-order valence-electron chi connectivity index (χ0n) is 10.1. The largest absolute Gasteiger partial charge is 0.333 e. The highest BCUT2D eigenvalue weighted by molar-refractivity contribution is 5.95. The SMILES string of the molecule is C[C@H]1CNCCN1C(=O)c1cccc([N+](=O)[O-])c1. The van der Waals surface area contributed by atoms with E-state index in [-0.39, 0.29) is 17.6 Å². The summed E-state index contributed by atoms with van der Waals surface area (Å²) in [5.74, 6) is -0.146. The van der Waals surface area contributed by atoms with Crippen LogP contribution in [0.2, 0.25) is 0 Å². The second-order valence-electron chi connectivity index (χ2n) is 4.36. The van der Waals surface area contributed by atoms with E-state index in [1.165, 1.54) is 18.2 Å². The van der Waals surface area contributed by atoms with Crippen LogP contribution in [0.25, 0.3) is 0 Å². The van der Waals surface area contributed by atoms with Gasteiger partial charge in [0.15, 0.2) is 0 Å². The number of non-ortho nitro benzene ring substituents is 1. The first-order valence-corrected chi connectivity index (χ1v) is 5.85. The molecule has 1 atom stereocenters. The van der Waals surface area contributed by atoms with E-state index in [0.29, 0.717) is 12.1 Å². The van der Waals surface area contributed by atoms with Gasteiger partial charge in [-0.05, 0) is 13.0 Å². The van der Waals surface area contributed by atoms with E-state index in [1.54, 1.807) is 11.0 Å². The maximum absolute atomic E-state index is 12.3. The monoisotopic (exact) mass is 249 g/mol. The zero-order valence-corrected chi connectivity index (χ0v) is 10.1. The smallest absolute Gasteiger partial charge is 0.270 e. The summed E-state index contributed by atoms with van der Waals surface area (Å²) >= 11 is 0. The van der Waals surface area contributed by atoms with Crippen molar-refractivity contribution in [3.63, 3.8) is 0 Å². The van der Waals surface area contributed by atoms with E-state index in [1.807, 2.05) is 6.92 Å². The van der Waals surface area contributed by atoms with Gasteiger partial charge in [-0.15, -0.1) is 0 Å². The minimum absolute atomic E-state index is 0.0522. The minimum Gasteiger partial charge on any atom is -0.333 e. The van der Waals surface area contributed by atoms with Crippen LogP contribution in [0.15, 0.2) is 24.3 Å². The number of nitrogens with one attached hydrogen (secondary N) is 1. The first-order valence-electron chi connectivity index (χ1n) is 5.85. The molecule has 0 aliphatic carbocycles. The molecule has 1 amide bonds. The van der Waals surface area contributed by atoms with Crippen LogP contribution in [0.3, 0.4) is 0 Å². The maximum Gasteiger partial charge on any atom is 0.270 e. The average Bonchev–Trinajstić information content (AvgIpc) is 2.38. The Morgan fingerprint density at radius 3 is 3.00 bits per heavy atom. The summed E-state index contributed by atoms with van der Waals surface area (Å²) in [4.78, 5) is 24.2. The van der Waals surface area contributed by atoms with Crippen LogP contribution in [0.5, 0.6) is 0 Å². The van der Waals surface area contributed by atoms with Crippen LogP contribution >= 0.6 is 0 Å². The molecular weight excluding hydrogens is 234 g/mol. The molecule has 1 heterocycles. The second-order valence-corrected chi connectivity index (χ2v) is 4.36. The lowest BCUT2D eigenvalue weighted by atomic mass is 10.1. The lowest BCUT2D eigenvalue weighted by Gasteiger charge is -2.34. The molecule has 2 rings (SSSR count). The molecule has 0 bridgehead atoms. The van der Waals surface area contributed by atoms with Gasteiger partial charge in [0.25, 0.3) is 11.6 Å². The standard InChI is InChI=1S/C12H15N3O3/c1-9-8-13-5-6-14(9)12(16)10-3-2-4-11(7-10)15(17)18/h2-4,7,9,13H,5-6,8H2,1H3/t9-/m0/s1. The van der Waals surface area contributed by atoms with E-state index in [9.17, 15) is 14.9 Å². The fraction of sp³-hybridized carbons (Fsp3) is 0.417. The van der Waals surface area contributed by atoms with Crippen molar-refractivity contribution >= 4 is 11.6 Å². The molecule has 0 saturated carbocycles. The molecule has 0 aromatic heterocycles. The van der Waals surface area contributed by atoms with Gasteiger partial charge in [0.1, 0.15) is 0 Å². The van der Waals surface area contributed by atoms with Gasteiger partial charge in [-0.1, -0.05) is 6.07 Å². The Morgan fingerprint density at radius 2 is 2.33 bits per heavy atom. The molecule has 1 aliphatic heterocycles. The first kappa shape index (κ1) is 12.5. The summed E-state index contributed by atoms with van der Waals surface area (Å²) in [6.07, 6.45) is 0. The van der Waals surface area contributed by atoms with Gasteiger partial charge in [0.05, 0.1) is 4.92 Å². The molecular formula is C12H15N3O3. The summed E-state index contributed by atoms with van der Waals surface area (Å²) in [6.45, 7) is 4.09. The predicted octanol–water partition coefficient (Wildman–Crippen LogP) is 1.03. The third-order valence-corrected chi connectivity index (χ3v) is 3.07. The number of nitro benzene ring substituents is 1. The lowest BCUT2D eigenvalue weighted by molar-refractivity contribution is -0.384. The van der Waals surface area contributed by atoms with Crippen LogP contribution < -0.4 is 5.32 Å². The van der Waals surface area contributed by atoms with Crippen LogP contribution in [0.1, 0.15) is 17.3 Å². The average molecular weight is 249 g/mol. The molecule has 1 fully saturated rings. The van der Waals surface area contributed by atoms with Crippen molar-refractivity contribution in [2.75, 3.05) is 19.6 Å². The Bertz CT molecular complexity index is 475. The molecule has 1 aliphatic rings. The van der Waals surface area contributed by atoms with Crippen molar-refractivity contribution in [1.29, 1.82) is 0 Å². The van der Waals surface area contributed by atoms with Crippen molar-refractivity contribution in [1.82, 2.24) is 10.2 Å². The predicted molar refractivity (Wildman–Crippen MR) is 66.5 cm³/mol. The third kappa shape index (κ3) is 2.48. The van der Waals surface area contributed by atoms with Crippen LogP contribution in [0, 0.1) is 10.1 Å². The van der Waals surface area contributed by atoms with E-state index in [2.05, 4.69) is 5.32 Å². The second kappa shape index (κ2) is 5.14. The van der Waals surface area contributed by atoms with E-state index < -0.39 is 4.92 Å². The molecule has 1 aromatic carbocycles. The zero-order chi connectivity index (χ0) is 13.1. The highest BCUT2D eigenvalue weighted by Crippen LogP contribution is 2.16. The normalized spacial score (nSPS) is 19.6. The highest BCUT2D eigenvalue weighted by atomic mass is 16.6. The van der Waals surface area contributed by atoms with Crippen molar-refractivity contribution in [2.24, 2.45) is 0 Å². The molecule has 96 valence electrons. The molecule has 18 heavy (non-hydrogen) atoms. The molecule has 1 saturated heterocycles. The van der Waals surface area contributed by atoms with E-state index >= 15 is 0 Å². The van der Waals surface area contributed by atoms with Gasteiger partial charge in [0.2, 0.25) is 0 Å². The summed E-state index contributed by atoms with van der Waals surface area (Å²) in [5, 5.41) is 13.9. The number of amides is 1. The molecule has 1 N–H and O–H groups in total. The Balaban J connectivity index is 2.22. The number of carbonyl (C=O) groups excluding carboxylic acids is 1. The molecule has 0 radical (unpaired) electrons. The lowest BCUT2D eigenvalue weighted by Crippen LogP contribution is -2.52. The highest BCUT2D eigenvalue weighted by Gasteiger charge is 2.24. The van der Waals surface area contributed by atoms with Gasteiger partial charge in [-0.2, -0.15) is 0 Å². The van der Waals surface area contributed by atoms with Gasteiger partial charge in [0, 0.05) is 43.4 Å². The quantitative estimate of drug-likeness (QED) is 0.627. The number of piperazine rings is 1. The Hall–Kier alpha value is -1.95. The van der Waals surface area contributed by atoms with Crippen LogP contribution in [-0.2, 0) is 0 Å². The Morgan fingerprint density at radius 1 is 1.56 bits per heavy atom. The maximum atomic E-state index is 12.3. The summed E-state index contributed by atoms with van der Waals surface area (Å²) in [7, 11) is 0. The van der Waals surface area contributed by atoms with Crippen LogP contribution in [-0.4, -0.2) is 41.4 Å². The molecule has 0 spiro atoms.